The van der Waals surface area contributed by atoms with Gasteiger partial charge in [0.05, 0.1) is 12.7 Å². The van der Waals surface area contributed by atoms with Crippen molar-refractivity contribution in [3.8, 4) is 5.69 Å². The summed E-state index contributed by atoms with van der Waals surface area (Å²) in [5, 5.41) is 3.18. The van der Waals surface area contributed by atoms with Crippen molar-refractivity contribution in [3.63, 3.8) is 0 Å². The van der Waals surface area contributed by atoms with Crippen LogP contribution in [0.15, 0.2) is 59.4 Å². The molecule has 174 valence electrons. The largest absolute Gasteiger partial charge is 0.465 e. The fourth-order valence-corrected chi connectivity index (χ4v) is 4.27. The van der Waals surface area contributed by atoms with Gasteiger partial charge in [-0.3, -0.25) is 19.0 Å². The third-order valence-electron chi connectivity index (χ3n) is 5.78. The first-order valence-corrected chi connectivity index (χ1v) is 11.1. The molecule has 1 aromatic heterocycles. The van der Waals surface area contributed by atoms with Crippen molar-refractivity contribution in [2.24, 2.45) is 5.41 Å². The minimum Gasteiger partial charge on any atom is -0.465 e. The van der Waals surface area contributed by atoms with Crippen LogP contribution in [0.25, 0.3) is 5.69 Å². The highest BCUT2D eigenvalue weighted by Gasteiger charge is 2.35. The second kappa shape index (κ2) is 8.91. The average molecular weight is 479 g/mol. The van der Waals surface area contributed by atoms with E-state index in [1.54, 1.807) is 24.3 Å². The minimum absolute atomic E-state index is 0.120. The predicted octanol–water partition coefficient (Wildman–Crippen LogP) is 4.68. The summed E-state index contributed by atoms with van der Waals surface area (Å²) in [6, 6.07) is 14.1. The number of amides is 1. The number of pyridine rings is 1. The van der Waals surface area contributed by atoms with E-state index < -0.39 is 17.4 Å². The van der Waals surface area contributed by atoms with Crippen LogP contribution in [-0.4, -0.2) is 29.3 Å². The molecule has 3 aromatic rings. The number of Topliss-reactive ketones (excluding diaryl/α,β-unsaturated/α-hetero) is 1. The summed E-state index contributed by atoms with van der Waals surface area (Å²) in [6.07, 6.45) is 0.817. The maximum Gasteiger partial charge on any atom is 0.337 e. The summed E-state index contributed by atoms with van der Waals surface area (Å²) in [5.74, 6) is -1.27. The molecule has 8 heteroatoms. The molecule has 0 spiro atoms. The first-order valence-electron chi connectivity index (χ1n) is 10.7. The van der Waals surface area contributed by atoms with Gasteiger partial charge in [0, 0.05) is 34.1 Å². The number of hydrogen-bond donors (Lipinski definition) is 1. The van der Waals surface area contributed by atoms with Gasteiger partial charge in [0.2, 0.25) is 0 Å². The Balaban J connectivity index is 1.80. The molecule has 1 aliphatic carbocycles. The van der Waals surface area contributed by atoms with Gasteiger partial charge in [0.15, 0.2) is 5.78 Å². The number of ether oxygens (including phenoxy) is 1. The highest BCUT2D eigenvalue weighted by Crippen LogP contribution is 2.35. The topological polar surface area (TPSA) is 94.5 Å². The Morgan fingerprint density at radius 2 is 1.65 bits per heavy atom. The second-order valence-electron chi connectivity index (χ2n) is 9.00. The standard InChI is InChI=1S/C26H23ClN2O5/c1-26(2)13-21-19(22(30)14-26)12-20(24(32)29(21)18-10-6-16(27)7-11-18)23(31)28-17-8-4-15(5-9-17)25(33)34-3/h4-12H,13-14H2,1-3H3,(H,28,31). The lowest BCUT2D eigenvalue weighted by atomic mass is 9.75. The number of nitrogens with one attached hydrogen (secondary N) is 1. The summed E-state index contributed by atoms with van der Waals surface area (Å²) >= 11 is 6.03. The van der Waals surface area contributed by atoms with Gasteiger partial charge in [-0.05, 0) is 66.4 Å². The van der Waals surface area contributed by atoms with Crippen molar-refractivity contribution >= 4 is 34.9 Å². The summed E-state index contributed by atoms with van der Waals surface area (Å²) in [4.78, 5) is 51.3. The number of ketones is 1. The number of benzene rings is 2. The van der Waals surface area contributed by atoms with Gasteiger partial charge >= 0.3 is 5.97 Å². The third kappa shape index (κ3) is 4.52. The molecule has 0 atom stereocenters. The molecular formula is C26H23ClN2O5. The Kier molecular flexibility index (Phi) is 6.15. The molecule has 1 amide bonds. The van der Waals surface area contributed by atoms with Gasteiger partial charge < -0.3 is 10.1 Å². The van der Waals surface area contributed by atoms with Gasteiger partial charge in [-0.25, -0.2) is 4.79 Å². The molecule has 1 aliphatic rings. The third-order valence-corrected chi connectivity index (χ3v) is 6.03. The van der Waals surface area contributed by atoms with E-state index in [2.05, 4.69) is 10.1 Å². The van der Waals surface area contributed by atoms with E-state index in [0.29, 0.717) is 46.1 Å². The number of rotatable bonds is 4. The van der Waals surface area contributed by atoms with Crippen LogP contribution in [0.4, 0.5) is 5.69 Å². The number of carbonyl (C=O) groups excluding carboxylic acids is 3. The SMILES string of the molecule is COC(=O)c1ccc(NC(=O)c2cc3c(n(-c4ccc(Cl)cc4)c2=O)CC(C)(C)CC3=O)cc1. The molecule has 0 fully saturated rings. The number of fused-ring (bicyclic) bond motifs is 1. The van der Waals surface area contributed by atoms with E-state index in [1.165, 1.54) is 42.0 Å². The Morgan fingerprint density at radius 3 is 2.26 bits per heavy atom. The Morgan fingerprint density at radius 1 is 1.00 bits per heavy atom. The van der Waals surface area contributed by atoms with Crippen molar-refractivity contribution in [2.45, 2.75) is 26.7 Å². The Bertz CT molecular complexity index is 1360. The Labute approximate surface area is 201 Å². The second-order valence-corrected chi connectivity index (χ2v) is 9.44. The molecule has 0 radical (unpaired) electrons. The van der Waals surface area contributed by atoms with Crippen LogP contribution in [0.3, 0.4) is 0 Å². The van der Waals surface area contributed by atoms with Crippen LogP contribution >= 0.6 is 11.6 Å². The van der Waals surface area contributed by atoms with Crippen LogP contribution in [0.2, 0.25) is 5.02 Å². The first-order chi connectivity index (χ1) is 16.1. The van der Waals surface area contributed by atoms with Crippen LogP contribution in [-0.2, 0) is 11.2 Å². The molecule has 34 heavy (non-hydrogen) atoms. The van der Waals surface area contributed by atoms with Crippen LogP contribution in [0, 0.1) is 5.41 Å². The van der Waals surface area contributed by atoms with E-state index in [1.807, 2.05) is 13.8 Å². The van der Waals surface area contributed by atoms with Crippen molar-refractivity contribution in [1.82, 2.24) is 4.57 Å². The zero-order valence-electron chi connectivity index (χ0n) is 19.0. The summed E-state index contributed by atoms with van der Waals surface area (Å²) in [6.45, 7) is 3.95. The smallest absolute Gasteiger partial charge is 0.337 e. The normalized spacial score (nSPS) is 14.3. The van der Waals surface area contributed by atoms with Gasteiger partial charge in [0.25, 0.3) is 11.5 Å². The quantitative estimate of drug-likeness (QED) is 0.549. The van der Waals surface area contributed by atoms with Gasteiger partial charge in [-0.1, -0.05) is 25.4 Å². The molecule has 4 rings (SSSR count). The highest BCUT2D eigenvalue weighted by molar-refractivity contribution is 6.30. The maximum absolute atomic E-state index is 13.6. The molecule has 0 saturated heterocycles. The van der Waals surface area contributed by atoms with E-state index in [4.69, 9.17) is 11.6 Å². The summed E-state index contributed by atoms with van der Waals surface area (Å²) in [7, 11) is 1.28. The molecule has 0 unspecified atom stereocenters. The van der Waals surface area contributed by atoms with Gasteiger partial charge in [0.1, 0.15) is 5.56 Å². The number of esters is 1. The van der Waals surface area contributed by atoms with Crippen molar-refractivity contribution in [2.75, 3.05) is 12.4 Å². The molecule has 1 heterocycles. The fraction of sp³-hybridized carbons (Fsp3) is 0.231. The van der Waals surface area contributed by atoms with Crippen LogP contribution < -0.4 is 10.9 Å². The summed E-state index contributed by atoms with van der Waals surface area (Å²) in [5.41, 5.74) is 1.17. The van der Waals surface area contributed by atoms with Crippen molar-refractivity contribution in [3.05, 3.63) is 92.4 Å². The number of carbonyl (C=O) groups is 3. The van der Waals surface area contributed by atoms with Gasteiger partial charge in [-0.2, -0.15) is 0 Å². The highest BCUT2D eigenvalue weighted by atomic mass is 35.5. The molecule has 0 bridgehead atoms. The maximum atomic E-state index is 13.6. The van der Waals surface area contributed by atoms with Crippen LogP contribution in [0.5, 0.6) is 0 Å². The van der Waals surface area contributed by atoms with E-state index in [-0.39, 0.29) is 16.8 Å². The average Bonchev–Trinajstić information content (AvgIpc) is 2.79. The zero-order valence-corrected chi connectivity index (χ0v) is 19.7. The number of aromatic nitrogens is 1. The lowest BCUT2D eigenvalue weighted by Gasteiger charge is -2.32. The zero-order chi connectivity index (χ0) is 24.6. The van der Waals surface area contributed by atoms with E-state index in [9.17, 15) is 19.2 Å². The number of methoxy groups -OCH3 is 1. The van der Waals surface area contributed by atoms with Crippen molar-refractivity contribution < 1.29 is 19.1 Å². The lowest BCUT2D eigenvalue weighted by molar-refractivity contribution is 0.0600. The van der Waals surface area contributed by atoms with Crippen LogP contribution in [0.1, 0.15) is 57.0 Å². The molecule has 1 N–H and O–H groups in total. The first kappa shape index (κ1) is 23.4. The molecule has 7 nitrogen and oxygen atoms in total. The van der Waals surface area contributed by atoms with Gasteiger partial charge in [-0.15, -0.1) is 0 Å². The monoisotopic (exact) mass is 478 g/mol. The molecule has 2 aromatic carbocycles. The van der Waals surface area contributed by atoms with Crippen molar-refractivity contribution in [1.29, 1.82) is 0 Å². The lowest BCUT2D eigenvalue weighted by Crippen LogP contribution is -2.37. The number of halogens is 1. The fourth-order valence-electron chi connectivity index (χ4n) is 4.15. The van der Waals surface area contributed by atoms with E-state index >= 15 is 0 Å². The Hall–Kier alpha value is -3.71. The molecular weight excluding hydrogens is 456 g/mol. The molecule has 0 aliphatic heterocycles. The molecule has 0 saturated carbocycles. The number of nitrogens with zero attached hydrogens (tertiary/aromatic N) is 1. The van der Waals surface area contributed by atoms with E-state index in [0.717, 1.165) is 0 Å². The minimum atomic E-state index is -0.654. The predicted molar refractivity (Wildman–Crippen MR) is 129 cm³/mol. The summed E-state index contributed by atoms with van der Waals surface area (Å²) < 4.78 is 6.10. The number of hydrogen-bond acceptors (Lipinski definition) is 5. The number of anilines is 1.